The van der Waals surface area contributed by atoms with E-state index < -0.39 is 0 Å². The van der Waals surface area contributed by atoms with Crippen molar-refractivity contribution in [3.8, 4) is 0 Å². The number of aromatic nitrogens is 3. The van der Waals surface area contributed by atoms with E-state index in [-0.39, 0.29) is 0 Å². The molecule has 0 bridgehead atoms. The predicted molar refractivity (Wildman–Crippen MR) is 77.2 cm³/mol. The lowest BCUT2D eigenvalue weighted by Gasteiger charge is -2.33. The molecule has 1 atom stereocenters. The summed E-state index contributed by atoms with van der Waals surface area (Å²) in [5.41, 5.74) is 2.29. The van der Waals surface area contributed by atoms with Crippen LogP contribution in [0.5, 0.6) is 0 Å². The minimum absolute atomic E-state index is 0.472. The van der Waals surface area contributed by atoms with Crippen molar-refractivity contribution < 1.29 is 0 Å². The number of nitrogens with one attached hydrogen (secondary N) is 1. The van der Waals surface area contributed by atoms with Crippen molar-refractivity contribution >= 4 is 11.3 Å². The molecule has 4 nitrogen and oxygen atoms in total. The van der Waals surface area contributed by atoms with Crippen molar-refractivity contribution in [1.82, 2.24) is 19.9 Å². The van der Waals surface area contributed by atoms with Crippen LogP contribution in [0.1, 0.15) is 47.5 Å². The highest BCUT2D eigenvalue weighted by Gasteiger charge is 2.26. The van der Waals surface area contributed by atoms with E-state index in [9.17, 15) is 0 Å². The van der Waals surface area contributed by atoms with Crippen molar-refractivity contribution in [3.63, 3.8) is 0 Å². The first kappa shape index (κ1) is 12.8. The van der Waals surface area contributed by atoms with Crippen molar-refractivity contribution in [2.45, 2.75) is 45.7 Å². The van der Waals surface area contributed by atoms with Crippen LogP contribution in [0.3, 0.4) is 0 Å². The predicted octanol–water partition coefficient (Wildman–Crippen LogP) is 3.21. The van der Waals surface area contributed by atoms with Gasteiger partial charge < -0.3 is 4.98 Å². The number of piperidine rings is 1. The van der Waals surface area contributed by atoms with Gasteiger partial charge in [0, 0.05) is 17.3 Å². The molecule has 0 amide bonds. The van der Waals surface area contributed by atoms with Gasteiger partial charge in [0.05, 0.1) is 18.3 Å². The zero-order valence-corrected chi connectivity index (χ0v) is 12.3. The Hall–Kier alpha value is -1.20. The molecule has 1 N–H and O–H groups in total. The number of H-pyrrole nitrogens is 1. The summed E-state index contributed by atoms with van der Waals surface area (Å²) < 4.78 is 0. The Kier molecular flexibility index (Phi) is 3.66. The summed E-state index contributed by atoms with van der Waals surface area (Å²) in [5, 5.41) is 3.32. The van der Waals surface area contributed by atoms with Crippen molar-refractivity contribution in [2.75, 3.05) is 6.54 Å². The van der Waals surface area contributed by atoms with Gasteiger partial charge in [-0.25, -0.2) is 9.97 Å². The summed E-state index contributed by atoms with van der Waals surface area (Å²) in [7, 11) is 0. The van der Waals surface area contributed by atoms with E-state index >= 15 is 0 Å². The molecule has 0 saturated carbocycles. The zero-order chi connectivity index (χ0) is 13.2. The third kappa shape index (κ3) is 2.72. The molecule has 2 aromatic rings. The maximum absolute atomic E-state index is 4.61. The number of thiazole rings is 1. The third-order valence-electron chi connectivity index (χ3n) is 3.88. The highest BCUT2D eigenvalue weighted by atomic mass is 32.1. The molecule has 0 radical (unpaired) electrons. The number of aromatic amines is 1. The summed E-state index contributed by atoms with van der Waals surface area (Å²) in [4.78, 5) is 15.0. The van der Waals surface area contributed by atoms with Crippen molar-refractivity contribution in [2.24, 2.45) is 0 Å². The van der Waals surface area contributed by atoms with Gasteiger partial charge in [0.15, 0.2) is 0 Å². The number of rotatable bonds is 3. The normalized spacial score (nSPS) is 20.8. The number of nitrogens with zero attached hydrogens (tertiary/aromatic N) is 3. The van der Waals surface area contributed by atoms with Crippen LogP contribution in [0.15, 0.2) is 11.6 Å². The fraction of sp³-hybridized carbons (Fsp3) is 0.571. The molecule has 102 valence electrons. The highest BCUT2D eigenvalue weighted by Crippen LogP contribution is 2.32. The molecular weight excluding hydrogens is 256 g/mol. The number of aryl methyl sites for hydroxylation is 2. The second-order valence-electron chi connectivity index (χ2n) is 5.25. The van der Waals surface area contributed by atoms with Gasteiger partial charge in [-0.15, -0.1) is 11.3 Å². The van der Waals surface area contributed by atoms with Gasteiger partial charge in [-0.05, 0) is 33.2 Å². The molecular formula is C14H20N4S. The van der Waals surface area contributed by atoms with Crippen LogP contribution in [0.2, 0.25) is 0 Å². The number of likely N-dealkylation sites (tertiary alicyclic amines) is 1. The van der Waals surface area contributed by atoms with Gasteiger partial charge in [0.1, 0.15) is 10.8 Å². The fourth-order valence-corrected chi connectivity index (χ4v) is 3.55. The van der Waals surface area contributed by atoms with Crippen LogP contribution in [0, 0.1) is 13.8 Å². The Morgan fingerprint density at radius 2 is 2.32 bits per heavy atom. The monoisotopic (exact) mass is 276 g/mol. The Morgan fingerprint density at radius 1 is 1.42 bits per heavy atom. The molecule has 19 heavy (non-hydrogen) atoms. The van der Waals surface area contributed by atoms with Crippen molar-refractivity contribution in [1.29, 1.82) is 0 Å². The Morgan fingerprint density at radius 3 is 3.00 bits per heavy atom. The molecule has 1 aliphatic rings. The summed E-state index contributed by atoms with van der Waals surface area (Å²) in [6, 6.07) is 0.472. The van der Waals surface area contributed by atoms with Gasteiger partial charge in [0.25, 0.3) is 0 Å². The molecule has 1 saturated heterocycles. The quantitative estimate of drug-likeness (QED) is 0.936. The largest absolute Gasteiger partial charge is 0.345 e. The fourth-order valence-electron chi connectivity index (χ4n) is 2.75. The maximum atomic E-state index is 4.61. The molecule has 1 aliphatic heterocycles. The molecule has 3 heterocycles. The molecule has 5 heteroatoms. The van der Waals surface area contributed by atoms with Crippen LogP contribution in [-0.2, 0) is 6.54 Å². The Labute approximate surface area is 117 Å². The van der Waals surface area contributed by atoms with Crippen LogP contribution in [-0.4, -0.2) is 26.4 Å². The lowest BCUT2D eigenvalue weighted by molar-refractivity contribution is 0.137. The zero-order valence-electron chi connectivity index (χ0n) is 11.5. The van der Waals surface area contributed by atoms with Gasteiger partial charge in [-0.3, -0.25) is 4.90 Å². The molecule has 1 unspecified atom stereocenters. The average molecular weight is 276 g/mol. The maximum Gasteiger partial charge on any atom is 0.120 e. The lowest BCUT2D eigenvalue weighted by Crippen LogP contribution is -2.33. The Bertz CT molecular complexity index is 512. The summed E-state index contributed by atoms with van der Waals surface area (Å²) in [6.07, 6.45) is 5.71. The summed E-state index contributed by atoms with van der Waals surface area (Å²) in [6.45, 7) is 6.19. The van der Waals surface area contributed by atoms with E-state index in [1.165, 1.54) is 30.0 Å². The second-order valence-corrected chi connectivity index (χ2v) is 6.17. The van der Waals surface area contributed by atoms with Gasteiger partial charge in [-0.2, -0.15) is 0 Å². The smallest absolute Gasteiger partial charge is 0.120 e. The van der Waals surface area contributed by atoms with Crippen molar-refractivity contribution in [3.05, 3.63) is 33.8 Å². The minimum atomic E-state index is 0.472. The number of hydrogen-bond donors (Lipinski definition) is 1. The SMILES string of the molecule is Cc1nc(CN2CCCCC2c2nccs2)[nH]c1C. The molecule has 0 aliphatic carbocycles. The Balaban J connectivity index is 1.77. The molecule has 1 fully saturated rings. The van der Waals surface area contributed by atoms with E-state index in [0.29, 0.717) is 6.04 Å². The summed E-state index contributed by atoms with van der Waals surface area (Å²) in [5.74, 6) is 1.08. The van der Waals surface area contributed by atoms with Crippen LogP contribution in [0.25, 0.3) is 0 Å². The molecule has 2 aromatic heterocycles. The number of hydrogen-bond acceptors (Lipinski definition) is 4. The van der Waals surface area contributed by atoms with Crippen LogP contribution >= 0.6 is 11.3 Å². The molecule has 0 aromatic carbocycles. The first-order valence-electron chi connectivity index (χ1n) is 6.89. The first-order valence-corrected chi connectivity index (χ1v) is 7.77. The molecule has 3 rings (SSSR count). The average Bonchev–Trinajstić information content (AvgIpc) is 3.02. The number of imidazole rings is 1. The minimum Gasteiger partial charge on any atom is -0.345 e. The standard InChI is InChI=1S/C14H20N4S/c1-10-11(2)17-13(16-10)9-18-7-4-3-5-12(18)14-15-6-8-19-14/h6,8,12H,3-5,7,9H2,1-2H3,(H,16,17). The van der Waals surface area contributed by atoms with E-state index in [1.807, 2.05) is 6.20 Å². The van der Waals surface area contributed by atoms with E-state index in [2.05, 4.69) is 39.1 Å². The van der Waals surface area contributed by atoms with Crippen LogP contribution < -0.4 is 0 Å². The van der Waals surface area contributed by atoms with E-state index in [4.69, 9.17) is 0 Å². The van der Waals surface area contributed by atoms with Gasteiger partial charge in [0.2, 0.25) is 0 Å². The lowest BCUT2D eigenvalue weighted by atomic mass is 10.0. The topological polar surface area (TPSA) is 44.8 Å². The molecule has 0 spiro atoms. The second kappa shape index (κ2) is 5.43. The highest BCUT2D eigenvalue weighted by molar-refractivity contribution is 7.09. The first-order chi connectivity index (χ1) is 9.24. The van der Waals surface area contributed by atoms with Gasteiger partial charge >= 0.3 is 0 Å². The van der Waals surface area contributed by atoms with Crippen LogP contribution in [0.4, 0.5) is 0 Å². The third-order valence-corrected chi connectivity index (χ3v) is 4.76. The van der Waals surface area contributed by atoms with E-state index in [0.717, 1.165) is 24.6 Å². The van der Waals surface area contributed by atoms with E-state index in [1.54, 1.807) is 11.3 Å². The van der Waals surface area contributed by atoms with Gasteiger partial charge in [-0.1, -0.05) is 6.42 Å². The summed E-state index contributed by atoms with van der Waals surface area (Å²) >= 11 is 1.77.